The second kappa shape index (κ2) is 7.65. The van der Waals surface area contributed by atoms with E-state index >= 15 is 0 Å². The summed E-state index contributed by atoms with van der Waals surface area (Å²) in [5.41, 5.74) is 7.09. The molecule has 1 heteroatoms. The molecule has 0 fully saturated rings. The fourth-order valence-electron chi connectivity index (χ4n) is 3.83. The Kier molecular flexibility index (Phi) is 4.56. The van der Waals surface area contributed by atoms with Crippen LogP contribution in [-0.2, 0) is 0 Å². The summed E-state index contributed by atoms with van der Waals surface area (Å²) in [5, 5.41) is 6.14. The van der Waals surface area contributed by atoms with Gasteiger partial charge in [0.25, 0.3) is 0 Å². The molecule has 1 N–H and O–H groups in total. The topological polar surface area (TPSA) is 12.0 Å². The largest absolute Gasteiger partial charge is 0.355 e. The van der Waals surface area contributed by atoms with E-state index in [4.69, 9.17) is 0 Å². The van der Waals surface area contributed by atoms with Gasteiger partial charge in [-0.05, 0) is 45.7 Å². The molecule has 29 heavy (non-hydrogen) atoms. The number of rotatable bonds is 4. The number of hydrogen-bond donors (Lipinski definition) is 1. The average molecular weight is 371 g/mol. The third-order valence-corrected chi connectivity index (χ3v) is 5.28. The van der Waals surface area contributed by atoms with Crippen molar-refractivity contribution < 1.29 is 0 Å². The molecule has 0 saturated carbocycles. The summed E-state index contributed by atoms with van der Waals surface area (Å²) < 4.78 is 0. The van der Waals surface area contributed by atoms with Crippen LogP contribution < -0.4 is 5.32 Å². The lowest BCUT2D eigenvalue weighted by Gasteiger charge is -2.13. The van der Waals surface area contributed by atoms with Gasteiger partial charge in [-0.1, -0.05) is 103 Å². The summed E-state index contributed by atoms with van der Waals surface area (Å²) in [5.74, 6) is 0. The predicted molar refractivity (Wildman–Crippen MR) is 125 cm³/mol. The summed E-state index contributed by atoms with van der Waals surface area (Å²) in [4.78, 5) is 0. The first-order valence-electron chi connectivity index (χ1n) is 9.88. The van der Waals surface area contributed by atoms with E-state index in [1.54, 1.807) is 0 Å². The Morgan fingerprint density at radius 1 is 0.414 bits per heavy atom. The molecule has 0 spiro atoms. The zero-order valence-electron chi connectivity index (χ0n) is 16.0. The quantitative estimate of drug-likeness (QED) is 0.338. The van der Waals surface area contributed by atoms with Gasteiger partial charge in [0, 0.05) is 16.9 Å². The third-order valence-electron chi connectivity index (χ3n) is 5.28. The first-order chi connectivity index (χ1) is 14.4. The molecule has 0 aliphatic rings. The van der Waals surface area contributed by atoms with Crippen LogP contribution in [0.25, 0.3) is 33.0 Å². The minimum atomic E-state index is 1.08. The van der Waals surface area contributed by atoms with Crippen LogP contribution in [0.5, 0.6) is 0 Å². The minimum Gasteiger partial charge on any atom is -0.355 e. The molecule has 0 aliphatic heterocycles. The Labute approximate surface area is 171 Å². The van der Waals surface area contributed by atoms with E-state index in [2.05, 4.69) is 121 Å². The predicted octanol–water partition coefficient (Wildman–Crippen LogP) is 7.92. The highest BCUT2D eigenvalue weighted by Gasteiger charge is 2.06. The van der Waals surface area contributed by atoms with Crippen LogP contribution in [0.15, 0.2) is 121 Å². The van der Waals surface area contributed by atoms with E-state index in [0.29, 0.717) is 0 Å². The van der Waals surface area contributed by atoms with Crippen LogP contribution >= 0.6 is 0 Å². The molecular formula is C28H21N. The second-order valence-corrected chi connectivity index (χ2v) is 7.14. The van der Waals surface area contributed by atoms with Crippen molar-refractivity contribution in [2.45, 2.75) is 0 Å². The van der Waals surface area contributed by atoms with E-state index in [-0.39, 0.29) is 0 Å². The van der Waals surface area contributed by atoms with Crippen LogP contribution in [0.2, 0.25) is 0 Å². The van der Waals surface area contributed by atoms with Crippen molar-refractivity contribution >= 4 is 22.1 Å². The highest BCUT2D eigenvalue weighted by atomic mass is 14.9. The molecule has 1 nitrogen and oxygen atoms in total. The van der Waals surface area contributed by atoms with Crippen LogP contribution in [0.4, 0.5) is 11.4 Å². The average Bonchev–Trinajstić information content (AvgIpc) is 2.80. The molecule has 5 rings (SSSR count). The molecule has 0 aromatic heterocycles. The summed E-state index contributed by atoms with van der Waals surface area (Å²) in [7, 11) is 0. The van der Waals surface area contributed by atoms with E-state index in [1.807, 2.05) is 6.07 Å². The van der Waals surface area contributed by atoms with E-state index in [0.717, 1.165) is 11.4 Å². The Bertz CT molecular complexity index is 1250. The molecule has 0 amide bonds. The van der Waals surface area contributed by atoms with Gasteiger partial charge in [-0.2, -0.15) is 0 Å². The number of nitrogens with one attached hydrogen (secondary N) is 1. The SMILES string of the molecule is c1ccc(-c2ccccc2Nc2ccc(-c3cccc4ccccc34)cc2)cc1. The first kappa shape index (κ1) is 17.3. The highest BCUT2D eigenvalue weighted by molar-refractivity contribution is 5.96. The zero-order valence-corrected chi connectivity index (χ0v) is 16.0. The van der Waals surface area contributed by atoms with Gasteiger partial charge >= 0.3 is 0 Å². The number of anilines is 2. The Balaban J connectivity index is 1.47. The fourth-order valence-corrected chi connectivity index (χ4v) is 3.83. The molecular weight excluding hydrogens is 350 g/mol. The van der Waals surface area contributed by atoms with Gasteiger partial charge in [0.1, 0.15) is 0 Å². The third kappa shape index (κ3) is 3.51. The number of para-hydroxylation sites is 1. The van der Waals surface area contributed by atoms with Crippen molar-refractivity contribution in [1.29, 1.82) is 0 Å². The van der Waals surface area contributed by atoms with Gasteiger partial charge < -0.3 is 5.32 Å². The maximum Gasteiger partial charge on any atom is 0.0463 e. The Morgan fingerprint density at radius 3 is 1.90 bits per heavy atom. The minimum absolute atomic E-state index is 1.08. The molecule has 0 radical (unpaired) electrons. The maximum atomic E-state index is 3.59. The molecule has 5 aromatic carbocycles. The van der Waals surface area contributed by atoms with E-state index < -0.39 is 0 Å². The summed E-state index contributed by atoms with van der Waals surface area (Å²) >= 11 is 0. The van der Waals surface area contributed by atoms with Crippen molar-refractivity contribution in [2.75, 3.05) is 5.32 Å². The summed E-state index contributed by atoms with van der Waals surface area (Å²) in [6.45, 7) is 0. The normalized spacial score (nSPS) is 10.8. The molecule has 0 saturated heterocycles. The number of fused-ring (bicyclic) bond motifs is 1. The number of hydrogen-bond acceptors (Lipinski definition) is 1. The zero-order chi connectivity index (χ0) is 19.5. The van der Waals surface area contributed by atoms with Gasteiger partial charge in [0.2, 0.25) is 0 Å². The standard InChI is InChI=1S/C28H21N/c1-2-9-22(10-3-1)27-14-6-7-16-28(27)29-24-19-17-23(18-20-24)26-15-8-12-21-11-4-5-13-25(21)26/h1-20,29H. The second-order valence-electron chi connectivity index (χ2n) is 7.14. The fraction of sp³-hybridized carbons (Fsp3) is 0. The van der Waals surface area contributed by atoms with Gasteiger partial charge in [-0.15, -0.1) is 0 Å². The lowest BCUT2D eigenvalue weighted by atomic mass is 9.98. The molecule has 0 unspecified atom stereocenters. The van der Waals surface area contributed by atoms with Crippen LogP contribution in [0, 0.1) is 0 Å². The van der Waals surface area contributed by atoms with Gasteiger partial charge in [-0.3, -0.25) is 0 Å². The van der Waals surface area contributed by atoms with E-state index in [9.17, 15) is 0 Å². The smallest absolute Gasteiger partial charge is 0.0463 e. The summed E-state index contributed by atoms with van der Waals surface area (Å²) in [6.07, 6.45) is 0. The molecule has 0 bridgehead atoms. The maximum absolute atomic E-state index is 3.59. The van der Waals surface area contributed by atoms with Crippen LogP contribution in [0.3, 0.4) is 0 Å². The first-order valence-corrected chi connectivity index (χ1v) is 9.88. The van der Waals surface area contributed by atoms with Gasteiger partial charge in [0.15, 0.2) is 0 Å². The van der Waals surface area contributed by atoms with Crippen molar-refractivity contribution in [3.05, 3.63) is 121 Å². The summed E-state index contributed by atoms with van der Waals surface area (Å²) in [6, 6.07) is 42.6. The molecule has 0 atom stereocenters. The van der Waals surface area contributed by atoms with Gasteiger partial charge in [0.05, 0.1) is 0 Å². The molecule has 0 aliphatic carbocycles. The highest BCUT2D eigenvalue weighted by Crippen LogP contribution is 2.32. The van der Waals surface area contributed by atoms with E-state index in [1.165, 1.54) is 33.0 Å². The van der Waals surface area contributed by atoms with Crippen LogP contribution in [-0.4, -0.2) is 0 Å². The number of benzene rings is 5. The Morgan fingerprint density at radius 2 is 1.03 bits per heavy atom. The molecule has 138 valence electrons. The van der Waals surface area contributed by atoms with Crippen molar-refractivity contribution in [2.24, 2.45) is 0 Å². The van der Waals surface area contributed by atoms with Gasteiger partial charge in [-0.25, -0.2) is 0 Å². The molecule has 0 heterocycles. The van der Waals surface area contributed by atoms with Crippen molar-refractivity contribution in [3.63, 3.8) is 0 Å². The Hall–Kier alpha value is -3.84. The van der Waals surface area contributed by atoms with Crippen molar-refractivity contribution in [1.82, 2.24) is 0 Å². The van der Waals surface area contributed by atoms with Crippen LogP contribution in [0.1, 0.15) is 0 Å². The van der Waals surface area contributed by atoms with Crippen molar-refractivity contribution in [3.8, 4) is 22.3 Å². The lowest BCUT2D eigenvalue weighted by molar-refractivity contribution is 1.53. The monoisotopic (exact) mass is 371 g/mol. The lowest BCUT2D eigenvalue weighted by Crippen LogP contribution is -1.93. The molecule has 5 aromatic rings.